The zero-order valence-corrected chi connectivity index (χ0v) is 18.2. The second kappa shape index (κ2) is 9.23. The summed E-state index contributed by atoms with van der Waals surface area (Å²) in [6, 6.07) is 19.2. The third-order valence-corrected chi connectivity index (χ3v) is 5.74. The lowest BCUT2D eigenvalue weighted by atomic mass is 10.0. The van der Waals surface area contributed by atoms with Crippen molar-refractivity contribution < 1.29 is 14.1 Å². The fraction of sp³-hybridized carbons (Fsp3) is 0.292. The summed E-state index contributed by atoms with van der Waals surface area (Å²) in [5.74, 6) is 1.54. The summed E-state index contributed by atoms with van der Waals surface area (Å²) in [6.07, 6.45) is 2.86. The number of hydrogen-bond acceptors (Lipinski definition) is 7. The van der Waals surface area contributed by atoms with Crippen molar-refractivity contribution in [2.75, 3.05) is 13.1 Å². The number of amides is 1. The Morgan fingerprint density at radius 1 is 1.06 bits per heavy atom. The average Bonchev–Trinajstić information content (AvgIpc) is 3.55. The van der Waals surface area contributed by atoms with Gasteiger partial charge in [0.2, 0.25) is 5.82 Å². The molecule has 1 fully saturated rings. The largest absolute Gasteiger partial charge is 0.481 e. The van der Waals surface area contributed by atoms with Crippen molar-refractivity contribution in [2.45, 2.75) is 31.9 Å². The van der Waals surface area contributed by atoms with Crippen LogP contribution in [0.5, 0.6) is 5.75 Å². The maximum absolute atomic E-state index is 12.8. The maximum Gasteiger partial charge on any atom is 0.280 e. The molecule has 9 nitrogen and oxygen atoms in total. The zero-order chi connectivity index (χ0) is 22.6. The van der Waals surface area contributed by atoms with Gasteiger partial charge in [-0.25, -0.2) is 4.68 Å². The van der Waals surface area contributed by atoms with Gasteiger partial charge in [-0.15, -0.1) is 5.10 Å². The summed E-state index contributed by atoms with van der Waals surface area (Å²) in [6.45, 7) is 3.07. The van der Waals surface area contributed by atoms with Crippen LogP contribution >= 0.6 is 0 Å². The Balaban J connectivity index is 1.18. The molecular formula is C24H24N6O3. The number of carbonyl (C=O) groups excluding carboxylic acids is 1. The molecule has 4 aromatic rings. The molecule has 0 radical (unpaired) electrons. The first kappa shape index (κ1) is 20.9. The second-order valence-corrected chi connectivity index (χ2v) is 8.00. The van der Waals surface area contributed by atoms with E-state index in [-0.39, 0.29) is 11.9 Å². The molecule has 1 saturated heterocycles. The van der Waals surface area contributed by atoms with Crippen LogP contribution in [0.2, 0.25) is 0 Å². The first-order valence-corrected chi connectivity index (χ1v) is 11.0. The van der Waals surface area contributed by atoms with Gasteiger partial charge < -0.3 is 14.2 Å². The Hall–Kier alpha value is -4.01. The van der Waals surface area contributed by atoms with E-state index >= 15 is 0 Å². The van der Waals surface area contributed by atoms with Crippen LogP contribution in [0.3, 0.4) is 0 Å². The first-order valence-electron chi connectivity index (χ1n) is 11.0. The highest BCUT2D eigenvalue weighted by atomic mass is 16.5. The van der Waals surface area contributed by atoms with Gasteiger partial charge in [0.05, 0.1) is 12.2 Å². The quantitative estimate of drug-likeness (QED) is 0.448. The van der Waals surface area contributed by atoms with Crippen LogP contribution in [0, 0.1) is 0 Å². The van der Waals surface area contributed by atoms with E-state index in [0.29, 0.717) is 36.2 Å². The molecule has 1 aliphatic heterocycles. The predicted octanol–water partition coefficient (Wildman–Crippen LogP) is 3.63. The molecule has 33 heavy (non-hydrogen) atoms. The van der Waals surface area contributed by atoms with Crippen LogP contribution in [0.4, 0.5) is 0 Å². The average molecular weight is 444 g/mol. The van der Waals surface area contributed by atoms with Crippen LogP contribution in [0.15, 0.2) is 71.4 Å². The van der Waals surface area contributed by atoms with E-state index in [9.17, 15) is 4.79 Å². The van der Waals surface area contributed by atoms with E-state index in [1.807, 2.05) is 76.4 Å². The first-order chi connectivity index (χ1) is 16.2. The molecule has 2 aromatic heterocycles. The number of hydrogen-bond donors (Lipinski definition) is 0. The van der Waals surface area contributed by atoms with Crippen LogP contribution in [0.1, 0.15) is 25.8 Å². The van der Waals surface area contributed by atoms with E-state index in [0.717, 1.165) is 18.4 Å². The lowest BCUT2D eigenvalue weighted by Crippen LogP contribution is -2.45. The van der Waals surface area contributed by atoms with Crippen molar-refractivity contribution in [3.05, 3.63) is 66.9 Å². The molecule has 9 heteroatoms. The third-order valence-electron chi connectivity index (χ3n) is 5.74. The minimum atomic E-state index is -0.529. The monoisotopic (exact) mass is 444 g/mol. The SMILES string of the molecule is CC(Oc1ccccc1)C(=O)N1CCC(n2cc(-c3nc(-c4ccccc4)no3)nn2)CC1. The highest BCUT2D eigenvalue weighted by Crippen LogP contribution is 2.25. The summed E-state index contributed by atoms with van der Waals surface area (Å²) in [7, 11) is 0. The molecule has 3 heterocycles. The highest BCUT2D eigenvalue weighted by molar-refractivity contribution is 5.81. The molecule has 1 atom stereocenters. The standard InChI is InChI=1S/C24H24N6O3/c1-17(32-20-10-6-3-7-11-20)24(31)29-14-12-19(13-15-29)30-16-21(26-28-30)23-25-22(27-33-23)18-8-4-2-5-9-18/h2-11,16-17,19H,12-15H2,1H3. The van der Waals surface area contributed by atoms with Crippen molar-refractivity contribution in [1.82, 2.24) is 30.0 Å². The van der Waals surface area contributed by atoms with E-state index in [2.05, 4.69) is 20.5 Å². The van der Waals surface area contributed by atoms with Gasteiger partial charge in [0.25, 0.3) is 11.8 Å². The van der Waals surface area contributed by atoms with Crippen molar-refractivity contribution in [1.29, 1.82) is 0 Å². The Kier molecular flexibility index (Phi) is 5.84. The van der Waals surface area contributed by atoms with E-state index < -0.39 is 6.10 Å². The highest BCUT2D eigenvalue weighted by Gasteiger charge is 2.28. The predicted molar refractivity (Wildman–Crippen MR) is 120 cm³/mol. The zero-order valence-electron chi connectivity index (χ0n) is 18.2. The number of likely N-dealkylation sites (tertiary alicyclic amines) is 1. The Morgan fingerprint density at radius 3 is 2.48 bits per heavy atom. The van der Waals surface area contributed by atoms with Crippen molar-refractivity contribution in [3.63, 3.8) is 0 Å². The van der Waals surface area contributed by atoms with E-state index in [1.165, 1.54) is 0 Å². The van der Waals surface area contributed by atoms with Gasteiger partial charge in [-0.3, -0.25) is 4.79 Å². The number of nitrogens with zero attached hydrogens (tertiary/aromatic N) is 6. The van der Waals surface area contributed by atoms with Crippen molar-refractivity contribution >= 4 is 5.91 Å². The lowest BCUT2D eigenvalue weighted by molar-refractivity contribution is -0.139. The molecular weight excluding hydrogens is 420 g/mol. The fourth-order valence-corrected chi connectivity index (χ4v) is 3.95. The molecule has 1 aliphatic rings. The minimum absolute atomic E-state index is 0.00381. The van der Waals surface area contributed by atoms with Crippen LogP contribution < -0.4 is 4.74 Å². The van der Waals surface area contributed by atoms with Gasteiger partial charge in [-0.1, -0.05) is 58.9 Å². The molecule has 5 rings (SSSR count). The summed E-state index contributed by atoms with van der Waals surface area (Å²) < 4.78 is 13.0. The molecule has 2 aromatic carbocycles. The Bertz CT molecular complexity index is 1200. The van der Waals surface area contributed by atoms with Crippen molar-refractivity contribution in [2.24, 2.45) is 0 Å². The molecule has 0 N–H and O–H groups in total. The number of carbonyl (C=O) groups is 1. The molecule has 0 spiro atoms. The van der Waals surface area contributed by atoms with Gasteiger partial charge in [0.15, 0.2) is 11.8 Å². The Labute approximate surface area is 191 Å². The van der Waals surface area contributed by atoms with Crippen LogP contribution in [-0.2, 0) is 4.79 Å². The summed E-state index contributed by atoms with van der Waals surface area (Å²) in [5, 5.41) is 12.5. The number of rotatable bonds is 6. The minimum Gasteiger partial charge on any atom is -0.481 e. The molecule has 1 unspecified atom stereocenters. The molecule has 1 amide bonds. The number of benzene rings is 2. The van der Waals surface area contributed by atoms with Crippen LogP contribution in [0.25, 0.3) is 23.0 Å². The van der Waals surface area contributed by atoms with Gasteiger partial charge in [0, 0.05) is 18.7 Å². The normalized spacial score (nSPS) is 15.4. The Morgan fingerprint density at radius 2 is 1.76 bits per heavy atom. The third kappa shape index (κ3) is 4.62. The van der Waals surface area contributed by atoms with Gasteiger partial charge in [-0.05, 0) is 31.9 Å². The maximum atomic E-state index is 12.8. The second-order valence-electron chi connectivity index (χ2n) is 8.00. The van der Waals surface area contributed by atoms with Gasteiger partial charge >= 0.3 is 0 Å². The molecule has 0 aliphatic carbocycles. The van der Waals surface area contributed by atoms with E-state index in [4.69, 9.17) is 9.26 Å². The topological polar surface area (TPSA) is 99.2 Å². The smallest absolute Gasteiger partial charge is 0.280 e. The number of aromatic nitrogens is 5. The number of para-hydroxylation sites is 1. The number of piperidine rings is 1. The van der Waals surface area contributed by atoms with Gasteiger partial charge in [-0.2, -0.15) is 4.98 Å². The summed E-state index contributed by atoms with van der Waals surface area (Å²) >= 11 is 0. The van der Waals surface area contributed by atoms with E-state index in [1.54, 1.807) is 6.92 Å². The van der Waals surface area contributed by atoms with Crippen molar-refractivity contribution in [3.8, 4) is 28.7 Å². The van der Waals surface area contributed by atoms with Crippen LogP contribution in [-0.4, -0.2) is 55.1 Å². The molecule has 168 valence electrons. The molecule has 0 saturated carbocycles. The summed E-state index contributed by atoms with van der Waals surface area (Å²) in [5.41, 5.74) is 1.41. The fourth-order valence-electron chi connectivity index (χ4n) is 3.95. The van der Waals surface area contributed by atoms with Gasteiger partial charge in [0.1, 0.15) is 5.75 Å². The summed E-state index contributed by atoms with van der Waals surface area (Å²) in [4.78, 5) is 19.1. The molecule has 0 bridgehead atoms. The lowest BCUT2D eigenvalue weighted by Gasteiger charge is -2.33. The number of ether oxygens (including phenoxy) is 1.